The standard InChI is InChI=1S/C16H27F3N2O.ClH/c1-15(20)9-3-2-4-13(15)14(22)21-10-11-5-7-12(8-6-11)16(17,18)19;/h11-13H,2-10,20H2,1H3,(H,21,22);1H. The first-order valence-corrected chi connectivity index (χ1v) is 8.33. The van der Waals surface area contributed by atoms with Crippen LogP contribution in [0.3, 0.4) is 0 Å². The van der Waals surface area contributed by atoms with Crippen LogP contribution in [-0.4, -0.2) is 24.2 Å². The summed E-state index contributed by atoms with van der Waals surface area (Å²) in [6, 6.07) is 0. The van der Waals surface area contributed by atoms with Crippen LogP contribution in [0.4, 0.5) is 13.2 Å². The van der Waals surface area contributed by atoms with Crippen LogP contribution in [0.5, 0.6) is 0 Å². The van der Waals surface area contributed by atoms with Gasteiger partial charge < -0.3 is 11.1 Å². The lowest BCUT2D eigenvalue weighted by Crippen LogP contribution is -2.53. The van der Waals surface area contributed by atoms with E-state index in [9.17, 15) is 18.0 Å². The molecule has 0 radical (unpaired) electrons. The molecule has 3 nitrogen and oxygen atoms in total. The molecule has 2 saturated carbocycles. The second kappa shape index (κ2) is 8.06. The normalized spacial score (nSPS) is 35.3. The SMILES string of the molecule is CC1(N)CCCCC1C(=O)NCC1CCC(C(F)(F)F)CC1.Cl. The molecule has 0 aromatic carbocycles. The average Bonchev–Trinajstić information content (AvgIpc) is 2.44. The van der Waals surface area contributed by atoms with E-state index in [-0.39, 0.29) is 43.0 Å². The van der Waals surface area contributed by atoms with Gasteiger partial charge in [-0.15, -0.1) is 12.4 Å². The Morgan fingerprint density at radius 2 is 1.78 bits per heavy atom. The summed E-state index contributed by atoms with van der Waals surface area (Å²) in [4.78, 5) is 12.3. The topological polar surface area (TPSA) is 55.1 Å². The number of hydrogen-bond donors (Lipinski definition) is 2. The van der Waals surface area contributed by atoms with Crippen molar-refractivity contribution in [2.24, 2.45) is 23.5 Å². The minimum absolute atomic E-state index is 0. The highest BCUT2D eigenvalue weighted by molar-refractivity contribution is 5.85. The molecule has 0 saturated heterocycles. The lowest BCUT2D eigenvalue weighted by Gasteiger charge is -2.37. The molecule has 2 fully saturated rings. The van der Waals surface area contributed by atoms with E-state index >= 15 is 0 Å². The average molecular weight is 357 g/mol. The molecule has 2 rings (SSSR count). The van der Waals surface area contributed by atoms with Crippen LogP contribution in [0.25, 0.3) is 0 Å². The maximum absolute atomic E-state index is 12.6. The Balaban J connectivity index is 0.00000264. The molecular formula is C16H28ClF3N2O. The number of nitrogens with two attached hydrogens (primary N) is 1. The predicted octanol–water partition coefficient (Wildman–Crippen LogP) is 3.80. The zero-order valence-electron chi connectivity index (χ0n) is 13.6. The molecule has 136 valence electrons. The van der Waals surface area contributed by atoms with Gasteiger partial charge in [0.05, 0.1) is 11.8 Å². The van der Waals surface area contributed by atoms with Crippen molar-refractivity contribution in [1.82, 2.24) is 5.32 Å². The fourth-order valence-electron chi connectivity index (χ4n) is 3.85. The number of carbonyl (C=O) groups is 1. The third-order valence-electron chi connectivity index (χ3n) is 5.45. The van der Waals surface area contributed by atoms with Crippen molar-refractivity contribution in [2.75, 3.05) is 6.54 Å². The summed E-state index contributed by atoms with van der Waals surface area (Å²) >= 11 is 0. The van der Waals surface area contributed by atoms with E-state index < -0.39 is 17.6 Å². The molecule has 0 heterocycles. The van der Waals surface area contributed by atoms with Gasteiger partial charge in [-0.2, -0.15) is 13.2 Å². The van der Waals surface area contributed by atoms with E-state index in [4.69, 9.17) is 5.73 Å². The second-order valence-electron chi connectivity index (χ2n) is 7.31. The summed E-state index contributed by atoms with van der Waals surface area (Å²) in [7, 11) is 0. The maximum Gasteiger partial charge on any atom is 0.391 e. The van der Waals surface area contributed by atoms with Crippen molar-refractivity contribution >= 4 is 18.3 Å². The van der Waals surface area contributed by atoms with E-state index in [0.29, 0.717) is 19.4 Å². The monoisotopic (exact) mass is 356 g/mol. The van der Waals surface area contributed by atoms with Crippen molar-refractivity contribution < 1.29 is 18.0 Å². The molecule has 0 bridgehead atoms. The number of halogens is 4. The maximum atomic E-state index is 12.6. The fourth-order valence-corrected chi connectivity index (χ4v) is 3.85. The van der Waals surface area contributed by atoms with Gasteiger partial charge in [-0.3, -0.25) is 4.79 Å². The van der Waals surface area contributed by atoms with Crippen LogP contribution in [0, 0.1) is 17.8 Å². The molecule has 3 N–H and O–H groups in total. The first kappa shape index (κ1) is 20.6. The molecule has 0 spiro atoms. The predicted molar refractivity (Wildman–Crippen MR) is 86.3 cm³/mol. The minimum Gasteiger partial charge on any atom is -0.356 e. The first-order valence-electron chi connectivity index (χ1n) is 8.33. The highest BCUT2D eigenvalue weighted by atomic mass is 35.5. The molecule has 2 unspecified atom stereocenters. The molecular weight excluding hydrogens is 329 g/mol. The summed E-state index contributed by atoms with van der Waals surface area (Å²) in [6.45, 7) is 2.40. The Kier molecular flexibility index (Phi) is 7.20. The number of amides is 1. The summed E-state index contributed by atoms with van der Waals surface area (Å²) in [5.41, 5.74) is 5.75. The number of nitrogens with one attached hydrogen (secondary N) is 1. The summed E-state index contributed by atoms with van der Waals surface area (Å²) in [5.74, 6) is -1.20. The highest BCUT2D eigenvalue weighted by Gasteiger charge is 2.42. The Morgan fingerprint density at radius 3 is 2.30 bits per heavy atom. The van der Waals surface area contributed by atoms with Crippen LogP contribution >= 0.6 is 12.4 Å². The van der Waals surface area contributed by atoms with E-state index in [1.807, 2.05) is 6.92 Å². The van der Waals surface area contributed by atoms with Crippen LogP contribution in [0.1, 0.15) is 58.3 Å². The summed E-state index contributed by atoms with van der Waals surface area (Å²) in [6.07, 6.45) is 1.09. The van der Waals surface area contributed by atoms with Gasteiger partial charge in [0.25, 0.3) is 0 Å². The van der Waals surface area contributed by atoms with Crippen LogP contribution in [0.2, 0.25) is 0 Å². The molecule has 2 atom stereocenters. The Morgan fingerprint density at radius 1 is 1.17 bits per heavy atom. The van der Waals surface area contributed by atoms with Gasteiger partial charge in [-0.25, -0.2) is 0 Å². The smallest absolute Gasteiger partial charge is 0.356 e. The van der Waals surface area contributed by atoms with Gasteiger partial charge in [0.2, 0.25) is 5.91 Å². The number of rotatable bonds is 3. The van der Waals surface area contributed by atoms with Gasteiger partial charge in [0, 0.05) is 12.1 Å². The van der Waals surface area contributed by atoms with Crippen molar-refractivity contribution in [3.8, 4) is 0 Å². The van der Waals surface area contributed by atoms with E-state index in [1.54, 1.807) is 0 Å². The molecule has 0 aromatic heterocycles. The lowest BCUT2D eigenvalue weighted by molar-refractivity contribution is -0.183. The molecule has 2 aliphatic rings. The zero-order chi connectivity index (χ0) is 16.4. The Bertz CT molecular complexity index is 393. The van der Waals surface area contributed by atoms with E-state index in [1.165, 1.54) is 0 Å². The minimum atomic E-state index is -4.07. The quantitative estimate of drug-likeness (QED) is 0.808. The summed E-state index contributed by atoms with van der Waals surface area (Å²) in [5, 5.41) is 2.93. The van der Waals surface area contributed by atoms with Crippen molar-refractivity contribution in [2.45, 2.75) is 70.0 Å². The number of carbonyl (C=O) groups excluding carboxylic acids is 1. The highest BCUT2D eigenvalue weighted by Crippen LogP contribution is 2.39. The van der Waals surface area contributed by atoms with Crippen molar-refractivity contribution in [1.29, 1.82) is 0 Å². The number of hydrogen-bond acceptors (Lipinski definition) is 2. The van der Waals surface area contributed by atoms with E-state index in [0.717, 1.165) is 25.7 Å². The lowest BCUT2D eigenvalue weighted by atomic mass is 9.74. The fraction of sp³-hybridized carbons (Fsp3) is 0.938. The number of alkyl halides is 3. The van der Waals surface area contributed by atoms with Crippen molar-refractivity contribution in [3.63, 3.8) is 0 Å². The Hall–Kier alpha value is -0.490. The molecule has 1 amide bonds. The molecule has 0 aliphatic heterocycles. The van der Waals surface area contributed by atoms with Gasteiger partial charge in [0.1, 0.15) is 0 Å². The van der Waals surface area contributed by atoms with Crippen LogP contribution < -0.4 is 11.1 Å². The van der Waals surface area contributed by atoms with Crippen LogP contribution in [0.15, 0.2) is 0 Å². The largest absolute Gasteiger partial charge is 0.391 e. The molecule has 0 aromatic rings. The third-order valence-corrected chi connectivity index (χ3v) is 5.45. The first-order chi connectivity index (χ1) is 10.2. The summed E-state index contributed by atoms with van der Waals surface area (Å²) < 4.78 is 37.9. The Labute approximate surface area is 142 Å². The second-order valence-corrected chi connectivity index (χ2v) is 7.31. The van der Waals surface area contributed by atoms with Gasteiger partial charge in [-0.05, 0) is 51.4 Å². The van der Waals surface area contributed by atoms with Gasteiger partial charge >= 0.3 is 6.18 Å². The third kappa shape index (κ3) is 5.52. The molecule has 2 aliphatic carbocycles. The van der Waals surface area contributed by atoms with Gasteiger partial charge in [-0.1, -0.05) is 12.8 Å². The molecule has 7 heteroatoms. The zero-order valence-corrected chi connectivity index (χ0v) is 14.4. The van der Waals surface area contributed by atoms with E-state index in [2.05, 4.69) is 5.32 Å². The van der Waals surface area contributed by atoms with Crippen LogP contribution in [-0.2, 0) is 4.79 Å². The molecule has 23 heavy (non-hydrogen) atoms. The van der Waals surface area contributed by atoms with Gasteiger partial charge in [0.15, 0.2) is 0 Å². The van der Waals surface area contributed by atoms with Crippen molar-refractivity contribution in [3.05, 3.63) is 0 Å².